The van der Waals surface area contributed by atoms with Crippen LogP contribution in [0.15, 0.2) is 42.7 Å². The van der Waals surface area contributed by atoms with E-state index in [2.05, 4.69) is 15.5 Å². The van der Waals surface area contributed by atoms with Gasteiger partial charge in [0, 0.05) is 30.9 Å². The summed E-state index contributed by atoms with van der Waals surface area (Å²) < 4.78 is 0. The smallest absolute Gasteiger partial charge is 0.251 e. The van der Waals surface area contributed by atoms with Crippen LogP contribution < -0.4 is 5.32 Å². The molecule has 0 aliphatic heterocycles. The number of H-pyrrole nitrogens is 1. The molecule has 2 N–H and O–H groups in total. The fourth-order valence-electron chi connectivity index (χ4n) is 1.98. The molecule has 2 aromatic rings. The van der Waals surface area contributed by atoms with Crippen LogP contribution in [0.4, 0.5) is 0 Å². The van der Waals surface area contributed by atoms with E-state index in [4.69, 9.17) is 0 Å². The van der Waals surface area contributed by atoms with Crippen LogP contribution in [0, 0.1) is 0 Å². The average Bonchev–Trinajstić information content (AvgIpc) is 3.00. The molecule has 0 fully saturated rings. The number of amides is 2. The van der Waals surface area contributed by atoms with Crippen molar-refractivity contribution in [3.63, 3.8) is 0 Å². The molecule has 21 heavy (non-hydrogen) atoms. The van der Waals surface area contributed by atoms with Crippen LogP contribution in [-0.2, 0) is 11.3 Å². The lowest BCUT2D eigenvalue weighted by Gasteiger charge is -2.21. The molecule has 1 aromatic heterocycles. The fourth-order valence-corrected chi connectivity index (χ4v) is 1.98. The molecule has 0 bridgehead atoms. The molecule has 1 atom stereocenters. The molecule has 2 amide bonds. The maximum atomic E-state index is 12.2. The van der Waals surface area contributed by atoms with Crippen molar-refractivity contribution < 1.29 is 9.59 Å². The highest BCUT2D eigenvalue weighted by molar-refractivity contribution is 5.97. The number of carbonyl (C=O) groups is 2. The summed E-state index contributed by atoms with van der Waals surface area (Å²) in [6.45, 7) is 2.12. The van der Waals surface area contributed by atoms with E-state index < -0.39 is 6.04 Å². The third kappa shape index (κ3) is 3.92. The van der Waals surface area contributed by atoms with Crippen LogP contribution in [0.3, 0.4) is 0 Å². The van der Waals surface area contributed by atoms with Crippen LogP contribution in [0.2, 0.25) is 0 Å². The van der Waals surface area contributed by atoms with Crippen molar-refractivity contribution in [3.8, 4) is 0 Å². The van der Waals surface area contributed by atoms with E-state index >= 15 is 0 Å². The van der Waals surface area contributed by atoms with Gasteiger partial charge >= 0.3 is 0 Å². The third-order valence-electron chi connectivity index (χ3n) is 3.10. The lowest BCUT2D eigenvalue weighted by atomic mass is 10.2. The zero-order chi connectivity index (χ0) is 15.2. The summed E-state index contributed by atoms with van der Waals surface area (Å²) >= 11 is 0. The minimum atomic E-state index is -0.588. The number of nitrogens with zero attached hydrogens (tertiary/aromatic N) is 2. The molecule has 0 aliphatic carbocycles. The first-order valence-electron chi connectivity index (χ1n) is 6.66. The van der Waals surface area contributed by atoms with Gasteiger partial charge in [0.2, 0.25) is 5.91 Å². The number of nitrogens with one attached hydrogen (secondary N) is 2. The van der Waals surface area contributed by atoms with Crippen molar-refractivity contribution in [2.45, 2.75) is 19.5 Å². The first kappa shape index (κ1) is 14.8. The van der Waals surface area contributed by atoms with Gasteiger partial charge < -0.3 is 10.2 Å². The maximum Gasteiger partial charge on any atom is 0.251 e. The highest BCUT2D eigenvalue weighted by Gasteiger charge is 2.20. The van der Waals surface area contributed by atoms with Crippen LogP contribution in [0.25, 0.3) is 0 Å². The molecule has 0 saturated carbocycles. The van der Waals surface area contributed by atoms with E-state index in [-0.39, 0.29) is 11.8 Å². The number of likely N-dealkylation sites (N-methyl/N-ethyl adjacent to an activating group) is 1. The van der Waals surface area contributed by atoms with E-state index in [1.54, 1.807) is 55.5 Å². The minimum absolute atomic E-state index is 0.152. The van der Waals surface area contributed by atoms with Crippen molar-refractivity contribution in [2.75, 3.05) is 7.05 Å². The standard InChI is InChI=1S/C15H18N4O2/c1-11(18-14(20)13-6-4-3-5-7-13)15(21)19(2)10-12-8-16-17-9-12/h3-9,11H,10H2,1-2H3,(H,16,17)(H,18,20). The molecule has 110 valence electrons. The number of rotatable bonds is 5. The summed E-state index contributed by atoms with van der Waals surface area (Å²) in [5, 5.41) is 9.24. The zero-order valence-corrected chi connectivity index (χ0v) is 12.0. The Bertz CT molecular complexity index is 595. The first-order chi connectivity index (χ1) is 10.1. The number of aromatic nitrogens is 2. The summed E-state index contributed by atoms with van der Waals surface area (Å²) in [5.74, 6) is -0.409. The molecule has 6 heteroatoms. The molecule has 0 aliphatic rings. The predicted molar refractivity (Wildman–Crippen MR) is 78.4 cm³/mol. The monoisotopic (exact) mass is 286 g/mol. The van der Waals surface area contributed by atoms with Crippen LogP contribution in [0.1, 0.15) is 22.8 Å². The molecular formula is C15H18N4O2. The Hall–Kier alpha value is -2.63. The van der Waals surface area contributed by atoms with E-state index in [0.717, 1.165) is 5.56 Å². The molecular weight excluding hydrogens is 268 g/mol. The van der Waals surface area contributed by atoms with E-state index in [0.29, 0.717) is 12.1 Å². The van der Waals surface area contributed by atoms with Gasteiger partial charge in [-0.15, -0.1) is 0 Å². The van der Waals surface area contributed by atoms with Gasteiger partial charge in [0.1, 0.15) is 6.04 Å². The Balaban J connectivity index is 1.91. The average molecular weight is 286 g/mol. The Morgan fingerprint density at radius 2 is 2.05 bits per heavy atom. The van der Waals surface area contributed by atoms with E-state index in [1.165, 1.54) is 0 Å². The van der Waals surface area contributed by atoms with Gasteiger partial charge in [0.25, 0.3) is 5.91 Å². The fraction of sp³-hybridized carbons (Fsp3) is 0.267. The number of aromatic amines is 1. The molecule has 0 radical (unpaired) electrons. The minimum Gasteiger partial charge on any atom is -0.341 e. The summed E-state index contributed by atoms with van der Waals surface area (Å²) in [5.41, 5.74) is 1.45. The largest absolute Gasteiger partial charge is 0.341 e. The quantitative estimate of drug-likeness (QED) is 0.866. The SMILES string of the molecule is CC(NC(=O)c1ccccc1)C(=O)N(C)Cc1cn[nH]c1. The summed E-state index contributed by atoms with van der Waals surface area (Å²) in [4.78, 5) is 25.8. The molecule has 0 saturated heterocycles. The van der Waals surface area contributed by atoms with Gasteiger partial charge in [-0.05, 0) is 19.1 Å². The number of benzene rings is 1. The van der Waals surface area contributed by atoms with Crippen LogP contribution >= 0.6 is 0 Å². The Labute approximate surface area is 123 Å². The summed E-state index contributed by atoms with van der Waals surface area (Å²) in [6, 6.07) is 8.24. The summed E-state index contributed by atoms with van der Waals surface area (Å²) in [7, 11) is 1.69. The van der Waals surface area contributed by atoms with Crippen LogP contribution in [-0.4, -0.2) is 40.0 Å². The number of carbonyl (C=O) groups excluding carboxylic acids is 2. The lowest BCUT2D eigenvalue weighted by molar-refractivity contribution is -0.132. The van der Waals surface area contributed by atoms with Crippen molar-refractivity contribution in [1.29, 1.82) is 0 Å². The van der Waals surface area contributed by atoms with Gasteiger partial charge in [-0.3, -0.25) is 14.7 Å². The molecule has 1 heterocycles. The highest BCUT2D eigenvalue weighted by Crippen LogP contribution is 2.03. The second kappa shape index (κ2) is 6.69. The Kier molecular flexibility index (Phi) is 4.71. The van der Waals surface area contributed by atoms with Crippen molar-refractivity contribution in [1.82, 2.24) is 20.4 Å². The molecule has 0 spiro atoms. The third-order valence-corrected chi connectivity index (χ3v) is 3.10. The van der Waals surface area contributed by atoms with Gasteiger partial charge in [0.15, 0.2) is 0 Å². The van der Waals surface area contributed by atoms with E-state index in [1.807, 2.05) is 6.07 Å². The van der Waals surface area contributed by atoms with Gasteiger partial charge in [-0.2, -0.15) is 5.10 Å². The summed E-state index contributed by atoms with van der Waals surface area (Å²) in [6.07, 6.45) is 3.40. The molecule has 2 rings (SSSR count). The highest BCUT2D eigenvalue weighted by atomic mass is 16.2. The van der Waals surface area contributed by atoms with Crippen molar-refractivity contribution in [3.05, 3.63) is 53.9 Å². The first-order valence-corrected chi connectivity index (χ1v) is 6.66. The maximum absolute atomic E-state index is 12.2. The topological polar surface area (TPSA) is 78.1 Å². The lowest BCUT2D eigenvalue weighted by Crippen LogP contribution is -2.45. The van der Waals surface area contributed by atoms with Crippen molar-refractivity contribution >= 4 is 11.8 Å². The molecule has 6 nitrogen and oxygen atoms in total. The number of hydrogen-bond donors (Lipinski definition) is 2. The van der Waals surface area contributed by atoms with Gasteiger partial charge in [-0.1, -0.05) is 18.2 Å². The van der Waals surface area contributed by atoms with Crippen molar-refractivity contribution in [2.24, 2.45) is 0 Å². The van der Waals surface area contributed by atoms with Gasteiger partial charge in [0.05, 0.1) is 6.20 Å². The Morgan fingerprint density at radius 3 is 2.67 bits per heavy atom. The van der Waals surface area contributed by atoms with Gasteiger partial charge in [-0.25, -0.2) is 0 Å². The van der Waals surface area contributed by atoms with Crippen LogP contribution in [0.5, 0.6) is 0 Å². The predicted octanol–water partition coefficient (Wildman–Crippen LogP) is 1.19. The number of hydrogen-bond acceptors (Lipinski definition) is 3. The molecule has 1 aromatic carbocycles. The zero-order valence-electron chi connectivity index (χ0n) is 12.0. The Morgan fingerprint density at radius 1 is 1.33 bits per heavy atom. The normalized spacial score (nSPS) is 11.7. The van der Waals surface area contributed by atoms with E-state index in [9.17, 15) is 9.59 Å². The second-order valence-electron chi connectivity index (χ2n) is 4.86. The second-order valence-corrected chi connectivity index (χ2v) is 4.86. The molecule has 1 unspecified atom stereocenters.